The predicted octanol–water partition coefficient (Wildman–Crippen LogP) is 0.602. The summed E-state index contributed by atoms with van der Waals surface area (Å²) >= 11 is 0. The summed E-state index contributed by atoms with van der Waals surface area (Å²) < 4.78 is 10.2. The highest BCUT2D eigenvalue weighted by molar-refractivity contribution is 5.74. The van der Waals surface area contributed by atoms with Crippen molar-refractivity contribution in [1.29, 1.82) is 0 Å². The van der Waals surface area contributed by atoms with Gasteiger partial charge >= 0.3 is 0 Å². The van der Waals surface area contributed by atoms with Crippen molar-refractivity contribution in [3.8, 4) is 11.5 Å². The molecule has 0 heterocycles. The van der Waals surface area contributed by atoms with Crippen molar-refractivity contribution in [3.05, 3.63) is 24.3 Å². The normalized spacial score (nSPS) is 10.9. The molecule has 0 aliphatic rings. The first-order valence-corrected chi connectivity index (χ1v) is 4.50. The summed E-state index contributed by atoms with van der Waals surface area (Å²) in [6.45, 7) is 2.87. The number of aliphatic carboxylic acids is 1. The van der Waals surface area contributed by atoms with Gasteiger partial charge < -0.3 is 19.4 Å². The molecule has 1 rings (SSSR count). The zero-order valence-electron chi connectivity index (χ0n) is 8.94. The van der Waals surface area contributed by atoms with Crippen LogP contribution in [0.2, 0.25) is 0 Å². The predicted molar refractivity (Wildman–Crippen MR) is 52.7 cm³/mol. The Morgan fingerprint density at radius 1 is 1.20 bits per heavy atom. The van der Waals surface area contributed by atoms with Gasteiger partial charge in [-0.2, -0.15) is 0 Å². The van der Waals surface area contributed by atoms with Crippen LogP contribution < -0.4 is 14.6 Å². The lowest BCUT2D eigenvalue weighted by atomic mass is 10.1. The second-order valence-electron chi connectivity index (χ2n) is 3.58. The first kappa shape index (κ1) is 11.4. The quantitative estimate of drug-likeness (QED) is 0.728. The van der Waals surface area contributed by atoms with E-state index < -0.39 is 11.6 Å². The first-order valence-electron chi connectivity index (χ1n) is 4.50. The number of methoxy groups -OCH3 is 1. The van der Waals surface area contributed by atoms with E-state index in [1.165, 1.54) is 13.8 Å². The van der Waals surface area contributed by atoms with Gasteiger partial charge in [-0.05, 0) is 38.1 Å². The second kappa shape index (κ2) is 4.21. The van der Waals surface area contributed by atoms with Crippen LogP contribution in [-0.2, 0) is 4.79 Å². The van der Waals surface area contributed by atoms with E-state index in [4.69, 9.17) is 9.47 Å². The molecule has 1 aromatic rings. The molecule has 0 aliphatic carbocycles. The monoisotopic (exact) mass is 209 g/mol. The Hall–Kier alpha value is -1.71. The van der Waals surface area contributed by atoms with Crippen LogP contribution in [0.3, 0.4) is 0 Å². The highest BCUT2D eigenvalue weighted by Gasteiger charge is 2.21. The van der Waals surface area contributed by atoms with Crippen LogP contribution in [0.5, 0.6) is 11.5 Å². The number of carboxylic acid groups (broad SMARTS) is 1. The van der Waals surface area contributed by atoms with E-state index in [1.807, 2.05) is 0 Å². The third-order valence-corrected chi connectivity index (χ3v) is 1.92. The molecule has 0 N–H and O–H groups in total. The van der Waals surface area contributed by atoms with Crippen molar-refractivity contribution in [2.45, 2.75) is 19.4 Å². The molecule has 0 fully saturated rings. The van der Waals surface area contributed by atoms with Gasteiger partial charge in [0.05, 0.1) is 13.1 Å². The largest absolute Gasteiger partial charge is 0.546 e. The molecule has 0 spiro atoms. The van der Waals surface area contributed by atoms with E-state index in [9.17, 15) is 9.90 Å². The Morgan fingerprint density at radius 2 is 1.67 bits per heavy atom. The molecule has 1 aromatic carbocycles. The third kappa shape index (κ3) is 2.87. The number of rotatable bonds is 4. The van der Waals surface area contributed by atoms with Crippen molar-refractivity contribution in [1.82, 2.24) is 0 Å². The average molecular weight is 209 g/mol. The van der Waals surface area contributed by atoms with Gasteiger partial charge in [0.1, 0.15) is 17.1 Å². The van der Waals surface area contributed by atoms with Gasteiger partial charge in [0, 0.05) is 0 Å². The Kier molecular flexibility index (Phi) is 3.19. The van der Waals surface area contributed by atoms with Crippen molar-refractivity contribution < 1.29 is 19.4 Å². The summed E-state index contributed by atoms with van der Waals surface area (Å²) in [5.74, 6) is -0.100. The second-order valence-corrected chi connectivity index (χ2v) is 3.58. The number of carboxylic acids is 1. The molecule has 0 amide bonds. The fraction of sp³-hybridized carbons (Fsp3) is 0.364. The van der Waals surface area contributed by atoms with Crippen molar-refractivity contribution in [2.75, 3.05) is 7.11 Å². The van der Waals surface area contributed by atoms with E-state index in [0.717, 1.165) is 0 Å². The molecule has 4 heteroatoms. The minimum Gasteiger partial charge on any atom is -0.546 e. The number of carbonyl (C=O) groups excluding carboxylic acids is 1. The number of hydrogen-bond acceptors (Lipinski definition) is 4. The molecule has 0 unspecified atom stereocenters. The average Bonchev–Trinajstić information content (AvgIpc) is 2.18. The zero-order chi connectivity index (χ0) is 11.5. The maximum Gasteiger partial charge on any atom is 0.143 e. The van der Waals surface area contributed by atoms with E-state index in [2.05, 4.69) is 0 Å². The van der Waals surface area contributed by atoms with Crippen LogP contribution in [0.1, 0.15) is 13.8 Å². The van der Waals surface area contributed by atoms with Gasteiger partial charge in [0.15, 0.2) is 0 Å². The van der Waals surface area contributed by atoms with Gasteiger partial charge in [0.25, 0.3) is 0 Å². The summed E-state index contributed by atoms with van der Waals surface area (Å²) in [5.41, 5.74) is -1.34. The summed E-state index contributed by atoms with van der Waals surface area (Å²) in [7, 11) is 1.56. The van der Waals surface area contributed by atoms with Gasteiger partial charge in [-0.3, -0.25) is 0 Å². The minimum atomic E-state index is -1.34. The zero-order valence-corrected chi connectivity index (χ0v) is 8.94. The lowest BCUT2D eigenvalue weighted by Crippen LogP contribution is -2.47. The molecule has 4 nitrogen and oxygen atoms in total. The molecular weight excluding hydrogens is 196 g/mol. The summed E-state index contributed by atoms with van der Waals surface area (Å²) in [4.78, 5) is 10.7. The standard InChI is InChI=1S/C11H14O4/c1-11(2,10(12)13)15-9-6-4-8(14-3)5-7-9/h4-7H,1-3H3,(H,12,13)/p-1. The molecule has 0 saturated carbocycles. The van der Waals surface area contributed by atoms with Crippen LogP contribution in [0.25, 0.3) is 0 Å². The van der Waals surface area contributed by atoms with E-state index >= 15 is 0 Å². The molecule has 0 radical (unpaired) electrons. The van der Waals surface area contributed by atoms with Crippen LogP contribution in [0, 0.1) is 0 Å². The van der Waals surface area contributed by atoms with Gasteiger partial charge in [-0.15, -0.1) is 0 Å². The fourth-order valence-corrected chi connectivity index (χ4v) is 0.980. The van der Waals surface area contributed by atoms with Crippen LogP contribution >= 0.6 is 0 Å². The Morgan fingerprint density at radius 3 is 2.07 bits per heavy atom. The fourth-order valence-electron chi connectivity index (χ4n) is 0.980. The lowest BCUT2D eigenvalue weighted by molar-refractivity contribution is -0.320. The van der Waals surface area contributed by atoms with Gasteiger partial charge in [-0.1, -0.05) is 0 Å². The Bertz CT molecular complexity index is 340. The minimum absolute atomic E-state index is 0.463. The van der Waals surface area contributed by atoms with Crippen molar-refractivity contribution >= 4 is 5.97 Å². The molecule has 15 heavy (non-hydrogen) atoms. The van der Waals surface area contributed by atoms with Crippen LogP contribution in [0.4, 0.5) is 0 Å². The highest BCUT2D eigenvalue weighted by Crippen LogP contribution is 2.21. The van der Waals surface area contributed by atoms with Gasteiger partial charge in [-0.25, -0.2) is 0 Å². The van der Waals surface area contributed by atoms with Crippen LogP contribution in [-0.4, -0.2) is 18.7 Å². The maximum atomic E-state index is 10.7. The molecule has 0 saturated heterocycles. The summed E-state index contributed by atoms with van der Waals surface area (Å²) in [5, 5.41) is 10.7. The molecular formula is C11H13O4-. The lowest BCUT2D eigenvalue weighted by Gasteiger charge is -2.27. The number of ether oxygens (including phenoxy) is 2. The number of carbonyl (C=O) groups is 1. The highest BCUT2D eigenvalue weighted by atomic mass is 16.5. The van der Waals surface area contributed by atoms with E-state index in [0.29, 0.717) is 11.5 Å². The Balaban J connectivity index is 2.77. The van der Waals surface area contributed by atoms with Crippen molar-refractivity contribution in [2.24, 2.45) is 0 Å². The SMILES string of the molecule is COc1ccc(OC(C)(C)C(=O)[O-])cc1. The molecule has 0 atom stereocenters. The topological polar surface area (TPSA) is 58.6 Å². The third-order valence-electron chi connectivity index (χ3n) is 1.92. The summed E-state index contributed by atoms with van der Waals surface area (Å²) in [6, 6.07) is 6.68. The van der Waals surface area contributed by atoms with Gasteiger partial charge in [0.2, 0.25) is 0 Å². The molecule has 0 aliphatic heterocycles. The molecule has 82 valence electrons. The van der Waals surface area contributed by atoms with E-state index in [-0.39, 0.29) is 0 Å². The molecule has 0 bridgehead atoms. The Labute approximate surface area is 88.4 Å². The van der Waals surface area contributed by atoms with Crippen LogP contribution in [0.15, 0.2) is 24.3 Å². The number of benzene rings is 1. The smallest absolute Gasteiger partial charge is 0.143 e. The summed E-state index contributed by atoms with van der Waals surface area (Å²) in [6.07, 6.45) is 0. The number of hydrogen-bond donors (Lipinski definition) is 0. The first-order chi connectivity index (χ1) is 6.95. The van der Waals surface area contributed by atoms with E-state index in [1.54, 1.807) is 31.4 Å². The van der Waals surface area contributed by atoms with Crippen molar-refractivity contribution in [3.63, 3.8) is 0 Å². The maximum absolute atomic E-state index is 10.7. The molecule has 0 aromatic heterocycles.